The van der Waals surface area contributed by atoms with Gasteiger partial charge in [-0.05, 0) is 33.4 Å². The first-order valence-electron chi connectivity index (χ1n) is 6.28. The van der Waals surface area contributed by atoms with E-state index in [0.29, 0.717) is 19.2 Å². The average Bonchev–Trinajstić information content (AvgIpc) is 2.23. The van der Waals surface area contributed by atoms with Crippen LogP contribution in [0.25, 0.3) is 0 Å². The van der Waals surface area contributed by atoms with Crippen LogP contribution in [-0.2, 0) is 9.53 Å². The number of ether oxygens (including phenoxy) is 1. The lowest BCUT2D eigenvalue weighted by molar-refractivity contribution is -0.146. The van der Waals surface area contributed by atoms with Crippen LogP contribution in [0, 0.1) is 5.41 Å². The van der Waals surface area contributed by atoms with Gasteiger partial charge in [0.25, 0.3) is 0 Å². The van der Waals surface area contributed by atoms with Gasteiger partial charge in [0.05, 0.1) is 6.61 Å². The minimum atomic E-state index is -0.259. The monoisotopic (exact) mass is 244 g/mol. The summed E-state index contributed by atoms with van der Waals surface area (Å²) in [6.45, 7) is 11.7. The topological polar surface area (TPSA) is 41.6 Å². The number of rotatable bonds is 6. The Morgan fingerprint density at radius 1 is 1.41 bits per heavy atom. The summed E-state index contributed by atoms with van der Waals surface area (Å²) in [6.07, 6.45) is 0. The van der Waals surface area contributed by atoms with Crippen LogP contribution in [0.15, 0.2) is 0 Å². The van der Waals surface area contributed by atoms with Gasteiger partial charge in [-0.1, -0.05) is 20.8 Å². The summed E-state index contributed by atoms with van der Waals surface area (Å²) >= 11 is 0. The maximum atomic E-state index is 11.7. The van der Waals surface area contributed by atoms with E-state index in [4.69, 9.17) is 4.74 Å². The molecule has 2 unspecified atom stereocenters. The Hall–Kier alpha value is -0.610. The number of likely N-dealkylation sites (N-methyl/N-ethyl adjacent to an activating group) is 2. The second kappa shape index (κ2) is 6.97. The second-order valence-corrected chi connectivity index (χ2v) is 5.57. The first-order chi connectivity index (χ1) is 7.73. The van der Waals surface area contributed by atoms with Gasteiger partial charge in [-0.3, -0.25) is 4.79 Å². The molecule has 0 aliphatic carbocycles. The van der Waals surface area contributed by atoms with Gasteiger partial charge in [-0.25, -0.2) is 0 Å². The summed E-state index contributed by atoms with van der Waals surface area (Å²) in [6, 6.07) is 0.137. The Bertz CT molecular complexity index is 236. The summed E-state index contributed by atoms with van der Waals surface area (Å²) in [7, 11) is 3.83. The SMILES string of the molecule is CCOC(=O)C(CN(C)C(C)C(C)(C)C)NC. The fraction of sp³-hybridized carbons (Fsp3) is 0.923. The summed E-state index contributed by atoms with van der Waals surface area (Å²) < 4.78 is 5.03. The van der Waals surface area contributed by atoms with E-state index in [-0.39, 0.29) is 17.4 Å². The van der Waals surface area contributed by atoms with Crippen molar-refractivity contribution < 1.29 is 9.53 Å². The molecule has 4 heteroatoms. The standard InChI is InChI=1S/C13H28N2O2/c1-8-17-12(16)11(14-6)9-15(7)10(2)13(3,4)5/h10-11,14H,8-9H2,1-7H3. The van der Waals surface area contributed by atoms with E-state index in [0.717, 1.165) is 0 Å². The molecule has 0 aliphatic rings. The zero-order valence-corrected chi connectivity index (χ0v) is 12.3. The summed E-state index contributed by atoms with van der Waals surface area (Å²) in [5, 5.41) is 3.01. The predicted molar refractivity (Wildman–Crippen MR) is 71.0 cm³/mol. The van der Waals surface area contributed by atoms with E-state index < -0.39 is 0 Å². The van der Waals surface area contributed by atoms with Crippen LogP contribution < -0.4 is 5.32 Å². The highest BCUT2D eigenvalue weighted by molar-refractivity contribution is 5.76. The molecule has 0 saturated carbocycles. The molecule has 2 atom stereocenters. The maximum Gasteiger partial charge on any atom is 0.324 e. The highest BCUT2D eigenvalue weighted by Crippen LogP contribution is 2.22. The molecule has 0 aromatic carbocycles. The molecular weight excluding hydrogens is 216 g/mol. The van der Waals surface area contributed by atoms with E-state index in [1.807, 2.05) is 14.0 Å². The van der Waals surface area contributed by atoms with E-state index in [1.165, 1.54) is 0 Å². The Balaban J connectivity index is 4.43. The van der Waals surface area contributed by atoms with Crippen molar-refractivity contribution in [1.29, 1.82) is 0 Å². The minimum Gasteiger partial charge on any atom is -0.465 e. The fourth-order valence-corrected chi connectivity index (χ4v) is 1.63. The summed E-state index contributed by atoms with van der Waals surface area (Å²) in [4.78, 5) is 13.9. The lowest BCUT2D eigenvalue weighted by Crippen LogP contribution is -2.49. The molecule has 0 saturated heterocycles. The van der Waals surface area contributed by atoms with Crippen molar-refractivity contribution in [3.8, 4) is 0 Å². The smallest absolute Gasteiger partial charge is 0.324 e. The van der Waals surface area contributed by atoms with Gasteiger partial charge < -0.3 is 15.0 Å². The number of carbonyl (C=O) groups excluding carboxylic acids is 1. The fourth-order valence-electron chi connectivity index (χ4n) is 1.63. The zero-order valence-electron chi connectivity index (χ0n) is 12.3. The number of nitrogens with one attached hydrogen (secondary N) is 1. The third-order valence-corrected chi connectivity index (χ3v) is 3.30. The molecule has 0 bridgehead atoms. The minimum absolute atomic E-state index is 0.178. The van der Waals surface area contributed by atoms with Crippen molar-refractivity contribution in [3.05, 3.63) is 0 Å². The van der Waals surface area contributed by atoms with Crippen molar-refractivity contribution in [2.75, 3.05) is 27.2 Å². The Labute approximate surface area is 106 Å². The number of hydrogen-bond acceptors (Lipinski definition) is 4. The van der Waals surface area contributed by atoms with Crippen molar-refractivity contribution in [2.45, 2.75) is 46.7 Å². The molecule has 0 radical (unpaired) electrons. The lowest BCUT2D eigenvalue weighted by atomic mass is 9.87. The highest BCUT2D eigenvalue weighted by atomic mass is 16.5. The van der Waals surface area contributed by atoms with Crippen LogP contribution in [0.1, 0.15) is 34.6 Å². The molecule has 0 rings (SSSR count). The normalized spacial score (nSPS) is 15.8. The molecule has 0 heterocycles. The van der Waals surface area contributed by atoms with Crippen LogP contribution in [-0.4, -0.2) is 50.2 Å². The molecule has 102 valence electrons. The average molecular weight is 244 g/mol. The largest absolute Gasteiger partial charge is 0.465 e. The molecule has 1 N–H and O–H groups in total. The molecule has 17 heavy (non-hydrogen) atoms. The molecule has 0 amide bonds. The van der Waals surface area contributed by atoms with Gasteiger partial charge in [-0.15, -0.1) is 0 Å². The molecule has 0 fully saturated rings. The third kappa shape index (κ3) is 5.50. The number of nitrogens with zero attached hydrogens (tertiary/aromatic N) is 1. The van der Waals surface area contributed by atoms with E-state index in [2.05, 4.69) is 37.9 Å². The number of esters is 1. The first-order valence-corrected chi connectivity index (χ1v) is 6.28. The quantitative estimate of drug-likeness (QED) is 0.719. The molecule has 0 aromatic rings. The Morgan fingerprint density at radius 2 is 1.94 bits per heavy atom. The molecule has 0 aromatic heterocycles. The van der Waals surface area contributed by atoms with Gasteiger partial charge in [0.2, 0.25) is 0 Å². The Kier molecular flexibility index (Phi) is 6.72. The van der Waals surface area contributed by atoms with Crippen LogP contribution in [0.3, 0.4) is 0 Å². The van der Waals surface area contributed by atoms with Crippen molar-refractivity contribution in [2.24, 2.45) is 5.41 Å². The van der Waals surface area contributed by atoms with Gasteiger partial charge in [0.15, 0.2) is 0 Å². The van der Waals surface area contributed by atoms with E-state index >= 15 is 0 Å². The van der Waals surface area contributed by atoms with Gasteiger partial charge in [0, 0.05) is 12.6 Å². The van der Waals surface area contributed by atoms with Crippen LogP contribution in [0.2, 0.25) is 0 Å². The first kappa shape index (κ1) is 16.4. The van der Waals surface area contributed by atoms with Crippen molar-refractivity contribution in [3.63, 3.8) is 0 Å². The van der Waals surface area contributed by atoms with E-state index in [9.17, 15) is 4.79 Å². The Morgan fingerprint density at radius 3 is 2.29 bits per heavy atom. The van der Waals surface area contributed by atoms with Crippen molar-refractivity contribution in [1.82, 2.24) is 10.2 Å². The van der Waals surface area contributed by atoms with Gasteiger partial charge in [0.1, 0.15) is 6.04 Å². The number of hydrogen-bond donors (Lipinski definition) is 1. The predicted octanol–water partition coefficient (Wildman–Crippen LogP) is 1.50. The second-order valence-electron chi connectivity index (χ2n) is 5.57. The van der Waals surface area contributed by atoms with Crippen LogP contribution in [0.4, 0.5) is 0 Å². The third-order valence-electron chi connectivity index (χ3n) is 3.30. The highest BCUT2D eigenvalue weighted by Gasteiger charge is 2.27. The van der Waals surface area contributed by atoms with Gasteiger partial charge >= 0.3 is 5.97 Å². The van der Waals surface area contributed by atoms with Crippen LogP contribution >= 0.6 is 0 Å². The molecule has 0 spiro atoms. The molecular formula is C13H28N2O2. The van der Waals surface area contributed by atoms with Crippen LogP contribution in [0.5, 0.6) is 0 Å². The molecule has 0 aliphatic heterocycles. The summed E-state index contributed by atoms with van der Waals surface area (Å²) in [5.41, 5.74) is 0.196. The van der Waals surface area contributed by atoms with Gasteiger partial charge in [-0.2, -0.15) is 0 Å². The lowest BCUT2D eigenvalue weighted by Gasteiger charge is -2.36. The summed E-state index contributed by atoms with van der Waals surface area (Å²) in [5.74, 6) is -0.178. The maximum absolute atomic E-state index is 11.7. The number of carbonyl (C=O) groups is 1. The van der Waals surface area contributed by atoms with E-state index in [1.54, 1.807) is 7.05 Å². The molecule has 4 nitrogen and oxygen atoms in total. The zero-order chi connectivity index (χ0) is 13.6. The van der Waals surface area contributed by atoms with Crippen molar-refractivity contribution >= 4 is 5.97 Å².